The van der Waals surface area contributed by atoms with Gasteiger partial charge in [-0.2, -0.15) is 0 Å². The van der Waals surface area contributed by atoms with E-state index in [1.807, 2.05) is 0 Å². The Bertz CT molecular complexity index is 767. The van der Waals surface area contributed by atoms with Crippen molar-refractivity contribution in [3.63, 3.8) is 0 Å². The molecule has 4 N–H and O–H groups in total. The number of hydrogen-bond acceptors (Lipinski definition) is 3. The molecule has 3 unspecified atom stereocenters. The first kappa shape index (κ1) is 25.7. The minimum atomic E-state index is 0.435. The number of hydrogen-bond donors (Lipinski definition) is 3. The quantitative estimate of drug-likeness (QED) is 0.137. The van der Waals surface area contributed by atoms with E-state index in [0.717, 1.165) is 31.7 Å². The summed E-state index contributed by atoms with van der Waals surface area (Å²) >= 11 is 0. The zero-order valence-electron chi connectivity index (χ0n) is 21.0. The molecule has 0 saturated heterocycles. The van der Waals surface area contributed by atoms with E-state index in [4.69, 9.17) is 11.1 Å². The molecule has 0 amide bonds. The van der Waals surface area contributed by atoms with E-state index in [1.165, 1.54) is 76.2 Å². The Kier molecular flexibility index (Phi) is 11.2. The molecule has 0 aromatic rings. The Labute approximate surface area is 202 Å². The number of rotatable bonds is 15. The van der Waals surface area contributed by atoms with Gasteiger partial charge in [0.15, 0.2) is 0 Å². The van der Waals surface area contributed by atoms with Gasteiger partial charge in [0.05, 0.1) is 6.04 Å². The standard InChI is InChI=1S/C30H47N3/c1-2-11-25-22-29(30(23-25)33-21-10-5-3-4-8-19-31)28-18-17-27(28)26-15-13-24(14-16-26)12-7-6-9-20-32/h2,10-11,13,20-21,23,26,29-30,32-33H,3-9,12,14-19,22,31H2,1H3/b11-2-,21-10-,32-20?. The van der Waals surface area contributed by atoms with E-state index in [9.17, 15) is 0 Å². The summed E-state index contributed by atoms with van der Waals surface area (Å²) in [6, 6.07) is 0.435. The van der Waals surface area contributed by atoms with E-state index < -0.39 is 0 Å². The molecule has 0 saturated carbocycles. The van der Waals surface area contributed by atoms with Gasteiger partial charge < -0.3 is 16.5 Å². The van der Waals surface area contributed by atoms with Crippen molar-refractivity contribution < 1.29 is 0 Å². The topological polar surface area (TPSA) is 61.9 Å². The molecule has 0 heterocycles. The molecule has 3 atom stereocenters. The third kappa shape index (κ3) is 7.84. The van der Waals surface area contributed by atoms with Crippen LogP contribution in [0.3, 0.4) is 0 Å². The van der Waals surface area contributed by atoms with Crippen LogP contribution in [0.25, 0.3) is 0 Å². The van der Waals surface area contributed by atoms with E-state index in [-0.39, 0.29) is 0 Å². The Morgan fingerprint density at radius 1 is 1.06 bits per heavy atom. The SMILES string of the molecule is C/C=C\C1=CC(N/C=C\CCCCCN)C(C2=C(C3CC=C(CCCCC=N)CC3)CC2)C1. The normalized spacial score (nSPS) is 25.5. The summed E-state index contributed by atoms with van der Waals surface area (Å²) in [6.45, 7) is 2.94. The second-order valence-corrected chi connectivity index (χ2v) is 10.1. The van der Waals surface area contributed by atoms with Crippen molar-refractivity contribution in [2.75, 3.05) is 6.54 Å². The lowest BCUT2D eigenvalue weighted by Crippen LogP contribution is -2.32. The predicted molar refractivity (Wildman–Crippen MR) is 144 cm³/mol. The fourth-order valence-electron chi connectivity index (χ4n) is 5.82. The van der Waals surface area contributed by atoms with Crippen molar-refractivity contribution in [1.82, 2.24) is 5.32 Å². The minimum Gasteiger partial charge on any atom is -0.384 e. The van der Waals surface area contributed by atoms with Crippen LogP contribution in [0.1, 0.15) is 96.8 Å². The van der Waals surface area contributed by atoms with E-state index in [1.54, 1.807) is 22.9 Å². The zero-order valence-corrected chi connectivity index (χ0v) is 21.0. The maximum absolute atomic E-state index is 7.18. The van der Waals surface area contributed by atoms with Crippen LogP contribution < -0.4 is 11.1 Å². The molecular weight excluding hydrogens is 402 g/mol. The maximum Gasteiger partial charge on any atom is 0.0513 e. The van der Waals surface area contributed by atoms with Crippen LogP contribution in [-0.4, -0.2) is 18.8 Å². The van der Waals surface area contributed by atoms with Gasteiger partial charge in [-0.3, -0.25) is 0 Å². The molecule has 0 spiro atoms. The number of unbranched alkanes of at least 4 members (excludes halogenated alkanes) is 5. The first-order chi connectivity index (χ1) is 16.3. The van der Waals surface area contributed by atoms with Gasteiger partial charge in [-0.25, -0.2) is 0 Å². The highest BCUT2D eigenvalue weighted by atomic mass is 14.9. The largest absolute Gasteiger partial charge is 0.384 e. The lowest BCUT2D eigenvalue weighted by molar-refractivity contribution is 0.428. The predicted octanol–water partition coefficient (Wildman–Crippen LogP) is 7.53. The molecule has 3 nitrogen and oxygen atoms in total. The molecule has 0 fully saturated rings. The molecule has 3 aliphatic rings. The first-order valence-electron chi connectivity index (χ1n) is 13.6. The third-order valence-corrected chi connectivity index (χ3v) is 7.76. The van der Waals surface area contributed by atoms with E-state index in [0.29, 0.717) is 12.0 Å². The Morgan fingerprint density at radius 3 is 2.61 bits per heavy atom. The summed E-state index contributed by atoms with van der Waals surface area (Å²) in [7, 11) is 0. The van der Waals surface area contributed by atoms with Crippen molar-refractivity contribution >= 4 is 6.21 Å². The maximum atomic E-state index is 7.18. The Hall–Kier alpha value is -1.87. The van der Waals surface area contributed by atoms with Crippen LogP contribution in [0.4, 0.5) is 0 Å². The summed E-state index contributed by atoms with van der Waals surface area (Å²) in [5.41, 5.74) is 12.3. The van der Waals surface area contributed by atoms with Crippen LogP contribution in [0, 0.1) is 17.2 Å². The monoisotopic (exact) mass is 449 g/mol. The van der Waals surface area contributed by atoms with Crippen LogP contribution in [-0.2, 0) is 0 Å². The molecule has 182 valence electrons. The summed E-state index contributed by atoms with van der Waals surface area (Å²) in [4.78, 5) is 0. The van der Waals surface area contributed by atoms with Gasteiger partial charge in [-0.15, -0.1) is 0 Å². The van der Waals surface area contributed by atoms with Gasteiger partial charge in [0, 0.05) is 5.92 Å². The highest BCUT2D eigenvalue weighted by molar-refractivity contribution is 5.52. The summed E-state index contributed by atoms with van der Waals surface area (Å²) in [5.74, 6) is 1.41. The molecule has 0 aliphatic heterocycles. The van der Waals surface area contributed by atoms with Crippen LogP contribution in [0.15, 0.2) is 58.9 Å². The van der Waals surface area contributed by atoms with E-state index in [2.05, 4.69) is 48.8 Å². The minimum absolute atomic E-state index is 0.435. The average molecular weight is 450 g/mol. The van der Waals surface area contributed by atoms with Gasteiger partial charge in [0.25, 0.3) is 0 Å². The lowest BCUT2D eigenvalue weighted by atomic mass is 9.69. The molecule has 3 rings (SSSR count). The Balaban J connectivity index is 1.56. The first-order valence-corrected chi connectivity index (χ1v) is 13.6. The van der Waals surface area contributed by atoms with E-state index >= 15 is 0 Å². The number of allylic oxidation sites excluding steroid dienone is 7. The van der Waals surface area contributed by atoms with Gasteiger partial charge in [0.1, 0.15) is 0 Å². The fraction of sp³-hybridized carbons (Fsp3) is 0.633. The van der Waals surface area contributed by atoms with Crippen molar-refractivity contribution in [2.24, 2.45) is 17.6 Å². The highest BCUT2D eigenvalue weighted by Crippen LogP contribution is 2.47. The summed E-state index contributed by atoms with van der Waals surface area (Å²) < 4.78 is 0. The fourth-order valence-corrected chi connectivity index (χ4v) is 5.82. The van der Waals surface area contributed by atoms with Crippen molar-refractivity contribution in [2.45, 2.75) is 103 Å². The van der Waals surface area contributed by atoms with Crippen molar-refractivity contribution in [1.29, 1.82) is 5.41 Å². The molecule has 33 heavy (non-hydrogen) atoms. The van der Waals surface area contributed by atoms with Crippen molar-refractivity contribution in [3.8, 4) is 0 Å². The van der Waals surface area contributed by atoms with Crippen LogP contribution in [0.2, 0.25) is 0 Å². The second kappa shape index (κ2) is 14.4. The smallest absolute Gasteiger partial charge is 0.0513 e. The van der Waals surface area contributed by atoms with Gasteiger partial charge in [-0.1, -0.05) is 53.5 Å². The van der Waals surface area contributed by atoms with Gasteiger partial charge in [0.2, 0.25) is 0 Å². The number of nitrogens with one attached hydrogen (secondary N) is 2. The molecule has 0 radical (unpaired) electrons. The van der Waals surface area contributed by atoms with Crippen LogP contribution >= 0.6 is 0 Å². The lowest BCUT2D eigenvalue weighted by Gasteiger charge is -2.37. The molecule has 0 aromatic carbocycles. The second-order valence-electron chi connectivity index (χ2n) is 10.1. The summed E-state index contributed by atoms with van der Waals surface area (Å²) in [6.07, 6.45) is 32.6. The van der Waals surface area contributed by atoms with Crippen molar-refractivity contribution in [3.05, 3.63) is 58.9 Å². The molecule has 0 aromatic heterocycles. The molecular formula is C30H47N3. The molecule has 0 bridgehead atoms. The average Bonchev–Trinajstić information content (AvgIpc) is 3.18. The highest BCUT2D eigenvalue weighted by Gasteiger charge is 2.36. The third-order valence-electron chi connectivity index (χ3n) is 7.76. The molecule has 3 heteroatoms. The zero-order chi connectivity index (χ0) is 23.3. The molecule has 3 aliphatic carbocycles. The summed E-state index contributed by atoms with van der Waals surface area (Å²) in [5, 5.41) is 10.9. The van der Waals surface area contributed by atoms with Gasteiger partial charge >= 0.3 is 0 Å². The Morgan fingerprint density at radius 2 is 1.91 bits per heavy atom. The van der Waals surface area contributed by atoms with Gasteiger partial charge in [-0.05, 0) is 121 Å². The van der Waals surface area contributed by atoms with Crippen LogP contribution in [0.5, 0.6) is 0 Å². The number of nitrogens with two attached hydrogens (primary N) is 1.